The fourth-order valence-electron chi connectivity index (χ4n) is 3.41. The van der Waals surface area contributed by atoms with E-state index < -0.39 is 0 Å². The van der Waals surface area contributed by atoms with Crippen LogP contribution in [-0.4, -0.2) is 29.9 Å². The quantitative estimate of drug-likeness (QED) is 0.817. The molecule has 2 saturated carbocycles. The number of hydrogen-bond donors (Lipinski definition) is 1. The highest BCUT2D eigenvalue weighted by Crippen LogP contribution is 2.30. The van der Waals surface area contributed by atoms with Crippen LogP contribution < -0.4 is 5.73 Å². The van der Waals surface area contributed by atoms with Gasteiger partial charge in [0.1, 0.15) is 0 Å². The SMILES string of the molecule is NCCN(C(=O)C1CCCC1)C1CCCCC1. The summed E-state index contributed by atoms with van der Waals surface area (Å²) < 4.78 is 0. The molecule has 3 heteroatoms. The van der Waals surface area contributed by atoms with Crippen molar-refractivity contribution in [3.63, 3.8) is 0 Å². The van der Waals surface area contributed by atoms with Gasteiger partial charge < -0.3 is 10.6 Å². The maximum absolute atomic E-state index is 12.5. The average molecular weight is 238 g/mol. The monoisotopic (exact) mass is 238 g/mol. The van der Waals surface area contributed by atoms with Gasteiger partial charge in [-0.15, -0.1) is 0 Å². The van der Waals surface area contributed by atoms with E-state index in [0.29, 0.717) is 24.4 Å². The Bertz CT molecular complexity index is 243. The van der Waals surface area contributed by atoms with Gasteiger partial charge in [-0.2, -0.15) is 0 Å². The topological polar surface area (TPSA) is 46.3 Å². The Morgan fingerprint density at radius 2 is 1.59 bits per heavy atom. The van der Waals surface area contributed by atoms with Gasteiger partial charge in [-0.1, -0.05) is 32.1 Å². The van der Waals surface area contributed by atoms with E-state index in [4.69, 9.17) is 5.73 Å². The van der Waals surface area contributed by atoms with E-state index in [0.717, 1.165) is 19.4 Å². The van der Waals surface area contributed by atoms with E-state index >= 15 is 0 Å². The lowest BCUT2D eigenvalue weighted by Crippen LogP contribution is -2.46. The molecule has 2 aliphatic rings. The van der Waals surface area contributed by atoms with Crippen LogP contribution in [0.5, 0.6) is 0 Å². The molecule has 2 rings (SSSR count). The fourth-order valence-corrected chi connectivity index (χ4v) is 3.41. The van der Waals surface area contributed by atoms with Gasteiger partial charge >= 0.3 is 0 Å². The molecule has 2 aliphatic carbocycles. The fraction of sp³-hybridized carbons (Fsp3) is 0.929. The van der Waals surface area contributed by atoms with E-state index in [-0.39, 0.29) is 0 Å². The van der Waals surface area contributed by atoms with Crippen molar-refractivity contribution in [3.8, 4) is 0 Å². The second-order valence-electron chi connectivity index (χ2n) is 5.59. The summed E-state index contributed by atoms with van der Waals surface area (Å²) in [5, 5.41) is 0. The summed E-state index contributed by atoms with van der Waals surface area (Å²) in [6, 6.07) is 0.486. The lowest BCUT2D eigenvalue weighted by Gasteiger charge is -2.35. The van der Waals surface area contributed by atoms with Gasteiger partial charge in [0.05, 0.1) is 0 Å². The standard InChI is InChI=1S/C14H26N2O/c15-10-11-16(13-8-2-1-3-9-13)14(17)12-6-4-5-7-12/h12-13H,1-11,15H2. The summed E-state index contributed by atoms with van der Waals surface area (Å²) in [6.07, 6.45) is 11.0. The predicted octanol–water partition coefficient (Wildman–Crippen LogP) is 2.30. The van der Waals surface area contributed by atoms with Crippen LogP contribution >= 0.6 is 0 Å². The molecule has 98 valence electrons. The lowest BCUT2D eigenvalue weighted by atomic mass is 9.93. The van der Waals surface area contributed by atoms with Crippen molar-refractivity contribution in [2.24, 2.45) is 11.7 Å². The third-order valence-electron chi connectivity index (χ3n) is 4.37. The zero-order chi connectivity index (χ0) is 12.1. The maximum Gasteiger partial charge on any atom is 0.225 e. The summed E-state index contributed by atoms with van der Waals surface area (Å²) in [6.45, 7) is 1.37. The molecule has 0 aromatic rings. The first kappa shape index (κ1) is 12.9. The molecule has 0 atom stereocenters. The summed E-state index contributed by atoms with van der Waals surface area (Å²) in [4.78, 5) is 14.6. The van der Waals surface area contributed by atoms with Crippen LogP contribution in [0.4, 0.5) is 0 Å². The van der Waals surface area contributed by atoms with E-state index in [1.54, 1.807) is 0 Å². The first-order chi connectivity index (χ1) is 8.33. The number of rotatable bonds is 4. The molecule has 0 spiro atoms. The van der Waals surface area contributed by atoms with Crippen LogP contribution in [0.2, 0.25) is 0 Å². The van der Waals surface area contributed by atoms with Gasteiger partial charge in [-0.3, -0.25) is 4.79 Å². The maximum atomic E-state index is 12.5. The summed E-state index contributed by atoms with van der Waals surface area (Å²) in [5.41, 5.74) is 5.68. The Hall–Kier alpha value is -0.570. The Morgan fingerprint density at radius 1 is 1.00 bits per heavy atom. The van der Waals surface area contributed by atoms with E-state index in [9.17, 15) is 4.79 Å². The third kappa shape index (κ3) is 3.21. The average Bonchev–Trinajstić information content (AvgIpc) is 2.90. The van der Waals surface area contributed by atoms with Gasteiger partial charge in [0, 0.05) is 25.0 Å². The lowest BCUT2D eigenvalue weighted by molar-refractivity contribution is -0.138. The first-order valence-electron chi connectivity index (χ1n) is 7.33. The van der Waals surface area contributed by atoms with Crippen LogP contribution in [0.1, 0.15) is 57.8 Å². The van der Waals surface area contributed by atoms with Crippen molar-refractivity contribution in [1.82, 2.24) is 4.90 Å². The van der Waals surface area contributed by atoms with E-state index in [1.165, 1.54) is 44.9 Å². The number of carbonyl (C=O) groups excluding carboxylic acids is 1. The number of amides is 1. The van der Waals surface area contributed by atoms with Gasteiger partial charge in [-0.05, 0) is 25.7 Å². The smallest absolute Gasteiger partial charge is 0.225 e. The van der Waals surface area contributed by atoms with Gasteiger partial charge in [0.15, 0.2) is 0 Å². The largest absolute Gasteiger partial charge is 0.338 e. The minimum Gasteiger partial charge on any atom is -0.338 e. The van der Waals surface area contributed by atoms with Crippen LogP contribution in [0.15, 0.2) is 0 Å². The molecule has 0 aromatic heterocycles. The highest BCUT2D eigenvalue weighted by atomic mass is 16.2. The van der Waals surface area contributed by atoms with Crippen molar-refractivity contribution in [1.29, 1.82) is 0 Å². The molecule has 0 aliphatic heterocycles. The molecule has 0 unspecified atom stereocenters. The van der Waals surface area contributed by atoms with Crippen molar-refractivity contribution >= 4 is 5.91 Å². The highest BCUT2D eigenvalue weighted by molar-refractivity contribution is 5.79. The van der Waals surface area contributed by atoms with Gasteiger partial charge in [0.25, 0.3) is 0 Å². The number of hydrogen-bond acceptors (Lipinski definition) is 2. The zero-order valence-electron chi connectivity index (χ0n) is 10.9. The summed E-state index contributed by atoms with van der Waals surface area (Å²) in [5.74, 6) is 0.711. The zero-order valence-corrected chi connectivity index (χ0v) is 10.9. The normalized spacial score (nSPS) is 22.9. The Kier molecular flexibility index (Phi) is 4.84. The van der Waals surface area contributed by atoms with Gasteiger partial charge in [-0.25, -0.2) is 0 Å². The van der Waals surface area contributed by atoms with Gasteiger partial charge in [0.2, 0.25) is 5.91 Å². The minimum absolute atomic E-state index is 0.309. The molecule has 0 heterocycles. The third-order valence-corrected chi connectivity index (χ3v) is 4.37. The molecule has 2 fully saturated rings. The van der Waals surface area contributed by atoms with E-state index in [1.807, 2.05) is 0 Å². The van der Waals surface area contributed by atoms with Crippen molar-refractivity contribution in [2.75, 3.05) is 13.1 Å². The summed E-state index contributed by atoms with van der Waals surface area (Å²) >= 11 is 0. The Morgan fingerprint density at radius 3 is 2.18 bits per heavy atom. The van der Waals surface area contributed by atoms with Crippen LogP contribution in [0.25, 0.3) is 0 Å². The minimum atomic E-state index is 0.309. The van der Waals surface area contributed by atoms with Crippen molar-refractivity contribution < 1.29 is 4.79 Å². The molecule has 0 radical (unpaired) electrons. The van der Waals surface area contributed by atoms with Crippen LogP contribution in [0, 0.1) is 5.92 Å². The molecular weight excluding hydrogens is 212 g/mol. The van der Waals surface area contributed by atoms with Crippen molar-refractivity contribution in [3.05, 3.63) is 0 Å². The second-order valence-corrected chi connectivity index (χ2v) is 5.59. The number of nitrogens with zero attached hydrogens (tertiary/aromatic N) is 1. The molecule has 1 amide bonds. The second kappa shape index (κ2) is 6.39. The molecule has 17 heavy (non-hydrogen) atoms. The molecular formula is C14H26N2O. The van der Waals surface area contributed by atoms with Crippen LogP contribution in [0.3, 0.4) is 0 Å². The molecule has 3 nitrogen and oxygen atoms in total. The van der Waals surface area contributed by atoms with Crippen molar-refractivity contribution in [2.45, 2.75) is 63.8 Å². The molecule has 0 saturated heterocycles. The molecule has 2 N–H and O–H groups in total. The Balaban J connectivity index is 1.96. The number of carbonyl (C=O) groups is 1. The highest BCUT2D eigenvalue weighted by Gasteiger charge is 2.31. The van der Waals surface area contributed by atoms with E-state index in [2.05, 4.69) is 4.90 Å². The number of nitrogens with two attached hydrogens (primary N) is 1. The molecule has 0 aromatic carbocycles. The summed E-state index contributed by atoms with van der Waals surface area (Å²) in [7, 11) is 0. The predicted molar refractivity (Wildman–Crippen MR) is 69.6 cm³/mol. The van der Waals surface area contributed by atoms with Crippen LogP contribution in [-0.2, 0) is 4.79 Å². The first-order valence-corrected chi connectivity index (χ1v) is 7.33. The molecule has 0 bridgehead atoms. The Labute approximate surface area is 105 Å².